The molecule has 3 heterocycles. The second-order valence-corrected chi connectivity index (χ2v) is 9.12. The molecule has 0 aliphatic carbocycles. The molecule has 0 radical (unpaired) electrons. The van der Waals surface area contributed by atoms with Crippen LogP contribution in [0.25, 0.3) is 16.2 Å². The lowest BCUT2D eigenvalue weighted by molar-refractivity contribution is -0.117. The Labute approximate surface area is 197 Å². The zero-order valence-corrected chi connectivity index (χ0v) is 19.7. The van der Waals surface area contributed by atoms with Gasteiger partial charge in [0.25, 0.3) is 0 Å². The summed E-state index contributed by atoms with van der Waals surface area (Å²) >= 11 is 5.01. The molecule has 1 aromatic carbocycles. The lowest BCUT2D eigenvalue weighted by atomic mass is 10.1. The maximum atomic E-state index is 11.7. The van der Waals surface area contributed by atoms with Crippen molar-refractivity contribution in [2.75, 3.05) is 13.2 Å². The van der Waals surface area contributed by atoms with Gasteiger partial charge in [-0.2, -0.15) is 0 Å². The van der Waals surface area contributed by atoms with Crippen LogP contribution in [0, 0.1) is 0 Å². The number of halogens is 1. The van der Waals surface area contributed by atoms with Crippen molar-refractivity contribution in [3.05, 3.63) is 69.8 Å². The number of carbonyl (C=O) groups is 1. The van der Waals surface area contributed by atoms with Crippen LogP contribution in [-0.4, -0.2) is 33.6 Å². The van der Waals surface area contributed by atoms with E-state index >= 15 is 0 Å². The van der Waals surface area contributed by atoms with E-state index in [0.717, 1.165) is 31.1 Å². The van der Waals surface area contributed by atoms with Crippen LogP contribution in [0.5, 0.6) is 11.5 Å². The second kappa shape index (κ2) is 9.72. The van der Waals surface area contributed by atoms with Crippen LogP contribution in [0.2, 0.25) is 0 Å². The summed E-state index contributed by atoms with van der Waals surface area (Å²) in [6, 6.07) is 13.4. The number of benzene rings is 1. The Morgan fingerprint density at radius 3 is 2.88 bits per heavy atom. The molecule has 1 atom stereocenters. The number of imidazole rings is 1. The molecule has 0 saturated heterocycles. The van der Waals surface area contributed by atoms with Gasteiger partial charge in [0.05, 0.1) is 40.9 Å². The fourth-order valence-electron chi connectivity index (χ4n) is 3.37. The van der Waals surface area contributed by atoms with Crippen molar-refractivity contribution in [1.82, 2.24) is 9.38 Å². The average molecular weight is 516 g/mol. The first-order valence-corrected chi connectivity index (χ1v) is 11.6. The molecule has 32 heavy (non-hydrogen) atoms. The fourth-order valence-corrected chi connectivity index (χ4v) is 5.09. The zero-order chi connectivity index (χ0) is 22.7. The van der Waals surface area contributed by atoms with Crippen LogP contribution in [0.15, 0.2) is 59.3 Å². The summed E-state index contributed by atoms with van der Waals surface area (Å²) in [4.78, 5) is 17.8. The summed E-state index contributed by atoms with van der Waals surface area (Å²) < 4.78 is 14.7. The number of nitrogens with zero attached hydrogens (tertiary/aromatic N) is 2. The van der Waals surface area contributed by atoms with Crippen molar-refractivity contribution >= 4 is 38.8 Å². The summed E-state index contributed by atoms with van der Waals surface area (Å²) in [6.07, 6.45) is 3.45. The number of aromatic nitrogens is 2. The number of fused-ring (bicyclic) bond motifs is 1. The van der Waals surface area contributed by atoms with Gasteiger partial charge >= 0.3 is 0 Å². The van der Waals surface area contributed by atoms with Crippen molar-refractivity contribution < 1.29 is 19.4 Å². The maximum absolute atomic E-state index is 11.7. The molecule has 3 N–H and O–H groups in total. The van der Waals surface area contributed by atoms with E-state index in [1.54, 1.807) is 6.20 Å². The minimum Gasteiger partial charge on any atom is -0.490 e. The van der Waals surface area contributed by atoms with Gasteiger partial charge in [-0.25, -0.2) is 4.98 Å². The average Bonchev–Trinajstić information content (AvgIpc) is 3.35. The van der Waals surface area contributed by atoms with Gasteiger partial charge in [0.2, 0.25) is 5.91 Å². The molecule has 0 spiro atoms. The first-order chi connectivity index (χ1) is 15.5. The molecule has 0 fully saturated rings. The SMILES string of the molecule is C[C@@H](Oc1cc(-c2cnc3ccc(OCCO)cn23)sc1CC(N)=O)c1ccccc1Br. The number of aliphatic hydroxyl groups is 1. The van der Waals surface area contributed by atoms with Crippen LogP contribution in [0.1, 0.15) is 23.5 Å². The molecule has 9 heteroatoms. The first-order valence-electron chi connectivity index (χ1n) is 9.99. The third-order valence-electron chi connectivity index (χ3n) is 4.84. The fraction of sp³-hybridized carbons (Fsp3) is 0.217. The molecule has 166 valence electrons. The topological polar surface area (TPSA) is 99.1 Å². The minimum absolute atomic E-state index is 0.0629. The molecule has 0 unspecified atom stereocenters. The number of thiophene rings is 1. The zero-order valence-electron chi connectivity index (χ0n) is 17.3. The van der Waals surface area contributed by atoms with Crippen molar-refractivity contribution in [1.29, 1.82) is 0 Å². The van der Waals surface area contributed by atoms with Crippen LogP contribution >= 0.6 is 27.3 Å². The highest BCUT2D eigenvalue weighted by Gasteiger charge is 2.20. The highest BCUT2D eigenvalue weighted by atomic mass is 79.9. The summed E-state index contributed by atoms with van der Waals surface area (Å²) in [7, 11) is 0. The quantitative estimate of drug-likeness (QED) is 0.345. The molecule has 0 aliphatic rings. The van der Waals surface area contributed by atoms with Gasteiger partial charge < -0.3 is 20.3 Å². The number of nitrogens with two attached hydrogens (primary N) is 1. The number of carbonyl (C=O) groups excluding carboxylic acids is 1. The van der Waals surface area contributed by atoms with Gasteiger partial charge in [0.15, 0.2) is 0 Å². The molecular formula is C23H22BrN3O4S. The number of primary amides is 1. The van der Waals surface area contributed by atoms with Crippen LogP contribution in [0.4, 0.5) is 0 Å². The van der Waals surface area contributed by atoms with E-state index in [2.05, 4.69) is 20.9 Å². The van der Waals surface area contributed by atoms with E-state index in [9.17, 15) is 4.79 Å². The number of hydrogen-bond acceptors (Lipinski definition) is 6. The van der Waals surface area contributed by atoms with E-state index in [1.165, 1.54) is 11.3 Å². The lowest BCUT2D eigenvalue weighted by Crippen LogP contribution is -2.13. The van der Waals surface area contributed by atoms with Gasteiger partial charge in [-0.05, 0) is 25.1 Å². The number of hydrogen-bond donors (Lipinski definition) is 2. The largest absolute Gasteiger partial charge is 0.490 e. The third-order valence-corrected chi connectivity index (χ3v) is 6.70. The number of rotatable bonds is 9. The Hall–Kier alpha value is -2.88. The predicted molar refractivity (Wildman–Crippen MR) is 127 cm³/mol. The number of pyridine rings is 1. The summed E-state index contributed by atoms with van der Waals surface area (Å²) in [5, 5.41) is 9.01. The highest BCUT2D eigenvalue weighted by molar-refractivity contribution is 9.10. The van der Waals surface area contributed by atoms with Gasteiger partial charge in [-0.15, -0.1) is 11.3 Å². The van der Waals surface area contributed by atoms with Crippen molar-refractivity contribution in [2.24, 2.45) is 5.73 Å². The molecule has 7 nitrogen and oxygen atoms in total. The van der Waals surface area contributed by atoms with Crippen LogP contribution in [-0.2, 0) is 11.2 Å². The van der Waals surface area contributed by atoms with Crippen LogP contribution < -0.4 is 15.2 Å². The number of amides is 1. The molecule has 0 aliphatic heterocycles. The predicted octanol–water partition coefficient (Wildman–Crippen LogP) is 4.36. The summed E-state index contributed by atoms with van der Waals surface area (Å²) in [5.41, 5.74) is 8.10. The Balaban J connectivity index is 1.70. The van der Waals surface area contributed by atoms with Crippen molar-refractivity contribution in [3.8, 4) is 22.1 Å². The molecule has 4 aromatic rings. The molecular weight excluding hydrogens is 494 g/mol. The normalized spacial score (nSPS) is 12.1. The first kappa shape index (κ1) is 22.3. The molecule has 1 amide bonds. The van der Waals surface area contributed by atoms with E-state index in [-0.39, 0.29) is 25.7 Å². The Morgan fingerprint density at radius 1 is 1.31 bits per heavy atom. The molecule has 3 aromatic heterocycles. The van der Waals surface area contributed by atoms with Gasteiger partial charge in [0.1, 0.15) is 29.9 Å². The van der Waals surface area contributed by atoms with E-state index in [1.807, 2.05) is 60.0 Å². The van der Waals surface area contributed by atoms with Crippen molar-refractivity contribution in [3.63, 3.8) is 0 Å². The molecule has 0 saturated carbocycles. The third kappa shape index (κ3) is 4.79. The van der Waals surface area contributed by atoms with E-state index in [4.69, 9.17) is 20.3 Å². The maximum Gasteiger partial charge on any atom is 0.222 e. The van der Waals surface area contributed by atoms with Gasteiger partial charge in [-0.1, -0.05) is 34.1 Å². The number of ether oxygens (including phenoxy) is 2. The minimum atomic E-state index is -0.422. The van der Waals surface area contributed by atoms with E-state index in [0.29, 0.717) is 11.5 Å². The Morgan fingerprint density at radius 2 is 2.12 bits per heavy atom. The summed E-state index contributed by atoms with van der Waals surface area (Å²) in [6.45, 7) is 2.11. The smallest absolute Gasteiger partial charge is 0.222 e. The Bertz CT molecular complexity index is 1250. The van der Waals surface area contributed by atoms with Gasteiger partial charge in [0, 0.05) is 16.1 Å². The van der Waals surface area contributed by atoms with Crippen LogP contribution in [0.3, 0.4) is 0 Å². The molecule has 0 bridgehead atoms. The summed E-state index contributed by atoms with van der Waals surface area (Å²) in [5.74, 6) is 0.822. The standard InChI is InChI=1S/C23H22BrN3O4S/c1-14(16-4-2-3-5-17(16)24)31-19-10-20(32-21(19)11-22(25)29)18-12-26-23-7-6-15(13-27(18)23)30-9-8-28/h2-7,10,12-14,28H,8-9,11H2,1H3,(H2,25,29)/t14-/m1/s1. The van der Waals surface area contributed by atoms with E-state index < -0.39 is 5.91 Å². The monoisotopic (exact) mass is 515 g/mol. The van der Waals surface area contributed by atoms with Gasteiger partial charge in [-0.3, -0.25) is 9.20 Å². The molecule has 4 rings (SSSR count). The van der Waals surface area contributed by atoms with Crippen molar-refractivity contribution in [2.45, 2.75) is 19.4 Å². The number of aliphatic hydroxyl groups excluding tert-OH is 1. The second-order valence-electron chi connectivity index (χ2n) is 7.13. The lowest BCUT2D eigenvalue weighted by Gasteiger charge is -2.16. The Kier molecular flexibility index (Phi) is 6.78. The highest BCUT2D eigenvalue weighted by Crippen LogP contribution is 2.39.